The van der Waals surface area contributed by atoms with Crippen molar-refractivity contribution < 1.29 is 17.9 Å². The Kier molecular flexibility index (Phi) is 9.77. The summed E-state index contributed by atoms with van der Waals surface area (Å²) in [7, 11) is -3.85. The fourth-order valence-electron chi connectivity index (χ4n) is 6.54. The maximum absolute atomic E-state index is 13.6. The van der Waals surface area contributed by atoms with Gasteiger partial charge >= 0.3 is 6.09 Å². The minimum Gasteiger partial charge on any atom is -0.444 e. The lowest BCUT2D eigenvalue weighted by Crippen LogP contribution is -2.45. The number of hydrogen-bond donors (Lipinski definition) is 2. The smallest absolute Gasteiger partial charge is 0.410 e. The van der Waals surface area contributed by atoms with E-state index >= 15 is 0 Å². The van der Waals surface area contributed by atoms with Gasteiger partial charge in [0.2, 0.25) is 5.95 Å². The molecule has 1 saturated heterocycles. The lowest BCUT2D eigenvalue weighted by atomic mass is 9.90. The summed E-state index contributed by atoms with van der Waals surface area (Å²) in [5.74, 6) is 0.990. The number of amides is 1. The van der Waals surface area contributed by atoms with Crippen LogP contribution < -0.4 is 10.6 Å². The maximum Gasteiger partial charge on any atom is 0.410 e. The Hall–Kier alpha value is -3.67. The van der Waals surface area contributed by atoms with Crippen molar-refractivity contribution in [1.82, 2.24) is 24.2 Å². The summed E-state index contributed by atoms with van der Waals surface area (Å²) >= 11 is 6.66. The summed E-state index contributed by atoms with van der Waals surface area (Å²) in [5.41, 5.74) is 1.17. The van der Waals surface area contributed by atoms with E-state index in [0.29, 0.717) is 39.7 Å². The van der Waals surface area contributed by atoms with E-state index in [2.05, 4.69) is 15.6 Å². The highest BCUT2D eigenvalue weighted by molar-refractivity contribution is 7.90. The molecule has 1 aliphatic carbocycles. The molecule has 2 unspecified atom stereocenters. The molecule has 1 amide bonds. The summed E-state index contributed by atoms with van der Waals surface area (Å²) in [6.45, 7) is 8.07. The Morgan fingerprint density at radius 3 is 2.45 bits per heavy atom. The Morgan fingerprint density at radius 1 is 1.00 bits per heavy atom. The third kappa shape index (κ3) is 7.74. The zero-order valence-corrected chi connectivity index (χ0v) is 28.7. The molecule has 2 aliphatic rings. The Bertz CT molecular complexity index is 1820. The van der Waals surface area contributed by atoms with Crippen molar-refractivity contribution in [2.75, 3.05) is 25.0 Å². The first-order valence-electron chi connectivity index (χ1n) is 16.4. The third-order valence-electron chi connectivity index (χ3n) is 8.95. The van der Waals surface area contributed by atoms with Crippen molar-refractivity contribution in [1.29, 1.82) is 0 Å². The van der Waals surface area contributed by atoms with Gasteiger partial charge in [-0.2, -0.15) is 0 Å². The van der Waals surface area contributed by atoms with Gasteiger partial charge < -0.3 is 20.3 Å². The minimum atomic E-state index is -3.85. The van der Waals surface area contributed by atoms with Gasteiger partial charge in [0.25, 0.3) is 10.0 Å². The average molecular weight is 679 g/mol. The summed E-state index contributed by atoms with van der Waals surface area (Å²) < 4.78 is 34.1. The van der Waals surface area contributed by atoms with Crippen LogP contribution in [0.4, 0.5) is 10.7 Å². The molecule has 1 saturated carbocycles. The van der Waals surface area contributed by atoms with Crippen LogP contribution in [0.5, 0.6) is 0 Å². The number of carbonyl (C=O) groups is 1. The molecule has 47 heavy (non-hydrogen) atoms. The standard InChI is InChI=1S/C35H43ClN6O4S/c1-35(2,3)46-34(43)41-18-16-24(17-19-41)21-37-25-10-9-11-26(20-25)39-33-38-22-30(36)32(40-33)29-23-42(31-15-8-7-14-28(29)31)47(44,45)27-12-5-4-6-13-27/h4-8,12-15,22-26,37H,9-11,16-21H2,1-3H3,(H,38,39,40). The number of piperidine rings is 1. The van der Waals surface area contributed by atoms with Crippen LogP contribution >= 0.6 is 11.6 Å². The molecular weight excluding hydrogens is 636 g/mol. The molecule has 3 heterocycles. The van der Waals surface area contributed by atoms with Crippen molar-refractivity contribution >= 4 is 44.6 Å². The van der Waals surface area contributed by atoms with Crippen molar-refractivity contribution in [2.45, 2.75) is 81.9 Å². The third-order valence-corrected chi connectivity index (χ3v) is 10.9. The highest BCUT2D eigenvalue weighted by Gasteiger charge is 2.29. The minimum absolute atomic E-state index is 0.184. The number of nitrogens with zero attached hydrogens (tertiary/aromatic N) is 4. The Morgan fingerprint density at radius 2 is 1.70 bits per heavy atom. The van der Waals surface area contributed by atoms with E-state index in [9.17, 15) is 13.2 Å². The number of halogens is 1. The predicted molar refractivity (Wildman–Crippen MR) is 185 cm³/mol. The van der Waals surface area contributed by atoms with E-state index in [1.165, 1.54) is 3.97 Å². The van der Waals surface area contributed by atoms with Crippen molar-refractivity contribution in [3.63, 3.8) is 0 Å². The Balaban J connectivity index is 1.11. The van der Waals surface area contributed by atoms with E-state index in [4.69, 9.17) is 21.3 Å². The first-order chi connectivity index (χ1) is 22.5. The van der Waals surface area contributed by atoms with Crippen LogP contribution in [0.3, 0.4) is 0 Å². The lowest BCUT2D eigenvalue weighted by Gasteiger charge is -2.35. The molecule has 6 rings (SSSR count). The molecule has 2 fully saturated rings. The van der Waals surface area contributed by atoms with Gasteiger partial charge in [0, 0.05) is 42.3 Å². The first kappa shape index (κ1) is 33.2. The number of nitrogens with one attached hydrogen (secondary N) is 2. The van der Waals surface area contributed by atoms with Gasteiger partial charge in [-0.05, 0) is 90.0 Å². The van der Waals surface area contributed by atoms with E-state index in [1.807, 2.05) is 43.9 Å². The number of ether oxygens (including phenoxy) is 1. The molecule has 250 valence electrons. The quantitative estimate of drug-likeness (QED) is 0.206. The van der Waals surface area contributed by atoms with Crippen LogP contribution in [0.25, 0.3) is 22.2 Å². The molecule has 10 nitrogen and oxygen atoms in total. The van der Waals surface area contributed by atoms with E-state index in [-0.39, 0.29) is 17.0 Å². The maximum atomic E-state index is 13.6. The van der Waals surface area contributed by atoms with Gasteiger partial charge in [0.1, 0.15) is 5.60 Å². The van der Waals surface area contributed by atoms with Gasteiger partial charge in [-0.25, -0.2) is 27.2 Å². The largest absolute Gasteiger partial charge is 0.444 e. The molecule has 0 spiro atoms. The van der Waals surface area contributed by atoms with Crippen LogP contribution in [-0.2, 0) is 14.8 Å². The van der Waals surface area contributed by atoms with Gasteiger partial charge in [0.05, 0.1) is 27.3 Å². The second-order valence-corrected chi connectivity index (χ2v) is 15.8. The van der Waals surface area contributed by atoms with Gasteiger partial charge in [-0.15, -0.1) is 0 Å². The molecule has 2 aromatic carbocycles. The topological polar surface area (TPSA) is 118 Å². The normalized spacial score (nSPS) is 19.5. The Labute approximate surface area is 281 Å². The number of para-hydroxylation sites is 1. The molecule has 0 bridgehead atoms. The van der Waals surface area contributed by atoms with Crippen LogP contribution in [0.2, 0.25) is 5.02 Å². The molecule has 4 aromatic rings. The predicted octanol–water partition coefficient (Wildman–Crippen LogP) is 6.95. The number of carbonyl (C=O) groups excluding carboxylic acids is 1. The number of hydrogen-bond acceptors (Lipinski definition) is 8. The van der Waals surface area contributed by atoms with Gasteiger partial charge in [-0.3, -0.25) is 0 Å². The summed E-state index contributed by atoms with van der Waals surface area (Å²) in [5, 5.41) is 8.40. The first-order valence-corrected chi connectivity index (χ1v) is 18.2. The van der Waals surface area contributed by atoms with Crippen LogP contribution in [0.1, 0.15) is 59.3 Å². The molecule has 2 atom stereocenters. The zero-order valence-electron chi connectivity index (χ0n) is 27.2. The molecule has 12 heteroatoms. The molecule has 1 aliphatic heterocycles. The molecule has 2 N–H and O–H groups in total. The summed E-state index contributed by atoms with van der Waals surface area (Å²) in [6, 6.07) is 16.3. The van der Waals surface area contributed by atoms with Crippen molar-refractivity contribution in [2.24, 2.45) is 5.92 Å². The number of fused-ring (bicyclic) bond motifs is 1. The highest BCUT2D eigenvalue weighted by Crippen LogP contribution is 2.36. The zero-order chi connectivity index (χ0) is 33.2. The monoisotopic (exact) mass is 678 g/mol. The second kappa shape index (κ2) is 13.8. The van der Waals surface area contributed by atoms with Gasteiger partial charge in [-0.1, -0.05) is 48.0 Å². The summed E-state index contributed by atoms with van der Waals surface area (Å²) in [4.78, 5) is 23.8. The van der Waals surface area contributed by atoms with E-state index < -0.39 is 15.6 Å². The number of benzene rings is 2. The number of aromatic nitrogens is 3. The van der Waals surface area contributed by atoms with Crippen LogP contribution in [-0.4, -0.2) is 70.7 Å². The van der Waals surface area contributed by atoms with Crippen LogP contribution in [0.15, 0.2) is 71.9 Å². The number of rotatable bonds is 8. The molecular formula is C35H43ClN6O4S. The number of likely N-dealkylation sites (tertiary alicyclic amines) is 1. The van der Waals surface area contributed by atoms with Gasteiger partial charge in [0.15, 0.2) is 0 Å². The van der Waals surface area contributed by atoms with E-state index in [1.54, 1.807) is 48.8 Å². The fraction of sp³-hybridized carbons (Fsp3) is 0.457. The van der Waals surface area contributed by atoms with E-state index in [0.717, 1.165) is 63.5 Å². The molecule has 0 radical (unpaired) electrons. The lowest BCUT2D eigenvalue weighted by molar-refractivity contribution is 0.0182. The van der Waals surface area contributed by atoms with Crippen molar-refractivity contribution in [3.05, 3.63) is 72.0 Å². The SMILES string of the molecule is CC(C)(C)OC(=O)N1CCC(CNC2CCCC(Nc3ncc(Cl)c(-c4cn(S(=O)(=O)c5ccccc5)c5ccccc45)n3)C2)CC1. The fourth-order valence-corrected chi connectivity index (χ4v) is 8.12. The van der Waals surface area contributed by atoms with Crippen molar-refractivity contribution in [3.8, 4) is 11.3 Å². The highest BCUT2D eigenvalue weighted by atomic mass is 35.5. The average Bonchev–Trinajstić information content (AvgIpc) is 3.45. The molecule has 2 aromatic heterocycles. The number of anilines is 1. The van der Waals surface area contributed by atoms with Crippen LogP contribution in [0, 0.1) is 5.92 Å². The summed E-state index contributed by atoms with van der Waals surface area (Å²) in [6.07, 6.45) is 9.01. The second-order valence-electron chi connectivity index (χ2n) is 13.6.